The quantitative estimate of drug-likeness (QED) is 0.847. The minimum Gasteiger partial charge on any atom is -0.489 e. The number of hydrogen-bond donors (Lipinski definition) is 1. The molecule has 4 heteroatoms. The minimum absolute atomic E-state index is 0.407. The van der Waals surface area contributed by atoms with Gasteiger partial charge in [-0.3, -0.25) is 5.32 Å². The molecule has 0 spiro atoms. The first-order valence-corrected chi connectivity index (χ1v) is 8.24. The Balaban J connectivity index is 1.80. The zero-order valence-corrected chi connectivity index (χ0v) is 14.4. The highest BCUT2D eigenvalue weighted by Crippen LogP contribution is 2.41. The van der Waals surface area contributed by atoms with Crippen molar-refractivity contribution in [3.05, 3.63) is 58.7 Å². The van der Waals surface area contributed by atoms with Crippen LogP contribution < -0.4 is 10.1 Å². The molecule has 1 aliphatic rings. The van der Waals surface area contributed by atoms with Gasteiger partial charge in [0.1, 0.15) is 12.4 Å². The third-order valence-electron chi connectivity index (χ3n) is 4.31. The van der Waals surface area contributed by atoms with Gasteiger partial charge in [0.05, 0.1) is 12.8 Å². The molecule has 24 heavy (non-hydrogen) atoms. The largest absolute Gasteiger partial charge is 0.489 e. The average Bonchev–Trinajstić information content (AvgIpc) is 3.40. The lowest BCUT2D eigenvalue weighted by Crippen LogP contribution is -2.13. The molecule has 1 fully saturated rings. The highest BCUT2D eigenvalue weighted by atomic mass is 16.5. The van der Waals surface area contributed by atoms with Crippen molar-refractivity contribution in [3.8, 4) is 5.75 Å². The summed E-state index contributed by atoms with van der Waals surface area (Å²) in [4.78, 5) is 11.6. The Hall–Kier alpha value is -2.49. The second-order valence-electron chi connectivity index (χ2n) is 6.37. The summed E-state index contributed by atoms with van der Waals surface area (Å²) < 4.78 is 10.7. The lowest BCUT2D eigenvalue weighted by molar-refractivity contribution is 0.187. The second-order valence-corrected chi connectivity index (χ2v) is 6.37. The molecule has 1 aliphatic carbocycles. The Bertz CT molecular complexity index is 751. The Labute approximate surface area is 142 Å². The topological polar surface area (TPSA) is 47.6 Å². The van der Waals surface area contributed by atoms with Gasteiger partial charge in [0.15, 0.2) is 0 Å². The zero-order valence-electron chi connectivity index (χ0n) is 14.4. The molecule has 0 saturated heterocycles. The molecule has 2 aromatic carbocycles. The maximum absolute atomic E-state index is 11.6. The fourth-order valence-corrected chi connectivity index (χ4v) is 2.80. The van der Waals surface area contributed by atoms with E-state index in [1.165, 1.54) is 31.1 Å². The summed E-state index contributed by atoms with van der Waals surface area (Å²) in [5, 5.41) is 2.77. The normalized spacial score (nSPS) is 13.5. The van der Waals surface area contributed by atoms with Crippen LogP contribution >= 0.6 is 0 Å². The van der Waals surface area contributed by atoms with Crippen molar-refractivity contribution in [3.63, 3.8) is 0 Å². The highest BCUT2D eigenvalue weighted by Gasteiger charge is 2.24. The van der Waals surface area contributed by atoms with E-state index < -0.39 is 6.09 Å². The lowest BCUT2D eigenvalue weighted by atomic mass is 10.1. The fraction of sp³-hybridized carbons (Fsp3) is 0.350. The number of hydrogen-bond acceptors (Lipinski definition) is 3. The number of anilines is 1. The standard InChI is InChI=1S/C20H23NO3/c1-13-4-9-19(14(2)10-13)24-12-17-11-16(15-5-6-15)7-8-18(17)21-20(22)23-3/h4,7-11,15H,5-6,12H2,1-3H3,(H,21,22). The van der Waals surface area contributed by atoms with Crippen LogP contribution in [0.3, 0.4) is 0 Å². The van der Waals surface area contributed by atoms with Gasteiger partial charge in [0, 0.05) is 5.56 Å². The van der Waals surface area contributed by atoms with Crippen molar-refractivity contribution in [2.24, 2.45) is 0 Å². The van der Waals surface area contributed by atoms with Crippen molar-refractivity contribution in [1.82, 2.24) is 0 Å². The summed E-state index contributed by atoms with van der Waals surface area (Å²) in [6, 6.07) is 12.3. The van der Waals surface area contributed by atoms with Crippen LogP contribution in [0.4, 0.5) is 10.5 Å². The highest BCUT2D eigenvalue weighted by molar-refractivity contribution is 5.85. The predicted molar refractivity (Wildman–Crippen MR) is 94.7 cm³/mol. The molecule has 1 N–H and O–H groups in total. The molecule has 0 aromatic heterocycles. The average molecular weight is 325 g/mol. The van der Waals surface area contributed by atoms with Gasteiger partial charge in [-0.25, -0.2) is 4.79 Å². The Morgan fingerprint density at radius 1 is 1.17 bits per heavy atom. The van der Waals surface area contributed by atoms with E-state index in [0.29, 0.717) is 12.5 Å². The van der Waals surface area contributed by atoms with Crippen LogP contribution in [0.25, 0.3) is 0 Å². The number of amides is 1. The number of carbonyl (C=O) groups is 1. The van der Waals surface area contributed by atoms with Gasteiger partial charge in [-0.1, -0.05) is 29.8 Å². The van der Waals surface area contributed by atoms with Crippen molar-refractivity contribution in [2.75, 3.05) is 12.4 Å². The van der Waals surface area contributed by atoms with Crippen molar-refractivity contribution >= 4 is 11.8 Å². The first kappa shape index (κ1) is 16.4. The van der Waals surface area contributed by atoms with Gasteiger partial charge in [-0.2, -0.15) is 0 Å². The van der Waals surface area contributed by atoms with Crippen LogP contribution in [-0.2, 0) is 11.3 Å². The van der Waals surface area contributed by atoms with E-state index in [4.69, 9.17) is 9.47 Å². The zero-order chi connectivity index (χ0) is 17.1. The molecule has 0 aliphatic heterocycles. The fourth-order valence-electron chi connectivity index (χ4n) is 2.80. The molecular formula is C20H23NO3. The third kappa shape index (κ3) is 3.88. The maximum atomic E-state index is 11.6. The monoisotopic (exact) mass is 325 g/mol. The maximum Gasteiger partial charge on any atom is 0.411 e. The molecule has 0 unspecified atom stereocenters. The Morgan fingerprint density at radius 3 is 2.62 bits per heavy atom. The molecule has 2 aromatic rings. The molecule has 1 amide bonds. The number of ether oxygens (including phenoxy) is 2. The SMILES string of the molecule is COC(=O)Nc1ccc(C2CC2)cc1COc1ccc(C)cc1C. The van der Waals surface area contributed by atoms with Crippen LogP contribution in [0.2, 0.25) is 0 Å². The summed E-state index contributed by atoms with van der Waals surface area (Å²) in [5.74, 6) is 1.51. The van der Waals surface area contributed by atoms with Gasteiger partial charge in [-0.05, 0) is 55.9 Å². The van der Waals surface area contributed by atoms with Crippen LogP contribution in [0, 0.1) is 13.8 Å². The van der Waals surface area contributed by atoms with Crippen LogP contribution in [0.1, 0.15) is 41.0 Å². The predicted octanol–water partition coefficient (Wildman–Crippen LogP) is 4.94. The number of aryl methyl sites for hydroxylation is 2. The van der Waals surface area contributed by atoms with Crippen molar-refractivity contribution in [2.45, 2.75) is 39.2 Å². The van der Waals surface area contributed by atoms with Gasteiger partial charge < -0.3 is 9.47 Å². The summed E-state index contributed by atoms with van der Waals surface area (Å²) in [6.07, 6.45) is 2.00. The number of carbonyl (C=O) groups excluding carboxylic acids is 1. The number of methoxy groups -OCH3 is 1. The van der Waals surface area contributed by atoms with E-state index >= 15 is 0 Å². The Kier molecular flexibility index (Phi) is 4.74. The molecule has 1 saturated carbocycles. The number of nitrogens with one attached hydrogen (secondary N) is 1. The van der Waals surface area contributed by atoms with Gasteiger partial charge in [0.2, 0.25) is 0 Å². The molecule has 0 atom stereocenters. The Morgan fingerprint density at radius 2 is 1.96 bits per heavy atom. The van der Waals surface area contributed by atoms with E-state index in [-0.39, 0.29) is 0 Å². The summed E-state index contributed by atoms with van der Waals surface area (Å²) >= 11 is 0. The summed E-state index contributed by atoms with van der Waals surface area (Å²) in [7, 11) is 1.36. The summed E-state index contributed by atoms with van der Waals surface area (Å²) in [5.41, 5.74) is 5.32. The number of benzene rings is 2. The van der Waals surface area contributed by atoms with Crippen molar-refractivity contribution in [1.29, 1.82) is 0 Å². The van der Waals surface area contributed by atoms with Crippen molar-refractivity contribution < 1.29 is 14.3 Å². The van der Waals surface area contributed by atoms with Gasteiger partial charge >= 0.3 is 6.09 Å². The van der Waals surface area contributed by atoms with E-state index in [1.54, 1.807) is 0 Å². The summed E-state index contributed by atoms with van der Waals surface area (Å²) in [6.45, 7) is 4.51. The molecule has 0 bridgehead atoms. The first-order valence-electron chi connectivity index (χ1n) is 8.24. The van der Waals surface area contributed by atoms with Crippen LogP contribution in [0.5, 0.6) is 5.75 Å². The minimum atomic E-state index is -0.470. The van der Waals surface area contributed by atoms with Crippen LogP contribution in [-0.4, -0.2) is 13.2 Å². The molecule has 126 valence electrons. The molecular weight excluding hydrogens is 302 g/mol. The second kappa shape index (κ2) is 6.95. The van der Waals surface area contributed by atoms with E-state index in [0.717, 1.165) is 22.6 Å². The van der Waals surface area contributed by atoms with Gasteiger partial charge in [-0.15, -0.1) is 0 Å². The van der Waals surface area contributed by atoms with E-state index in [9.17, 15) is 4.79 Å². The smallest absolute Gasteiger partial charge is 0.411 e. The molecule has 3 rings (SSSR count). The molecule has 0 heterocycles. The van der Waals surface area contributed by atoms with Gasteiger partial charge in [0.25, 0.3) is 0 Å². The van der Waals surface area contributed by atoms with E-state index in [2.05, 4.69) is 30.4 Å². The van der Waals surface area contributed by atoms with E-state index in [1.807, 2.05) is 25.1 Å². The van der Waals surface area contributed by atoms with Crippen LogP contribution in [0.15, 0.2) is 36.4 Å². The molecule has 4 nitrogen and oxygen atoms in total. The lowest BCUT2D eigenvalue weighted by Gasteiger charge is -2.15. The third-order valence-corrected chi connectivity index (χ3v) is 4.31. The number of rotatable bonds is 5. The molecule has 0 radical (unpaired) electrons. The first-order chi connectivity index (χ1) is 11.6.